The summed E-state index contributed by atoms with van der Waals surface area (Å²) in [7, 11) is 0. The van der Waals surface area contributed by atoms with Gasteiger partial charge in [-0.2, -0.15) is 0 Å². The van der Waals surface area contributed by atoms with E-state index in [1.165, 1.54) is 0 Å². The topological polar surface area (TPSA) is 42.6 Å². The standard InChI is InChI=1S/C14H18O3/c1-3-7-16-11-5-6-13-10(8-11)9-14(17-13)12(15)4-2/h5-6,8-9,12,15H,3-4,7H2,1-2H3. The van der Waals surface area contributed by atoms with Gasteiger partial charge in [-0.3, -0.25) is 0 Å². The fourth-order valence-electron chi connectivity index (χ4n) is 1.72. The lowest BCUT2D eigenvalue weighted by atomic mass is 10.2. The van der Waals surface area contributed by atoms with Gasteiger partial charge in [0, 0.05) is 5.39 Å². The lowest BCUT2D eigenvalue weighted by Gasteiger charge is -2.03. The Morgan fingerprint density at radius 1 is 1.29 bits per heavy atom. The van der Waals surface area contributed by atoms with Crippen molar-refractivity contribution in [2.24, 2.45) is 0 Å². The van der Waals surface area contributed by atoms with E-state index in [2.05, 4.69) is 6.92 Å². The Hall–Kier alpha value is -1.48. The quantitative estimate of drug-likeness (QED) is 0.858. The van der Waals surface area contributed by atoms with Gasteiger partial charge in [0.05, 0.1) is 6.61 Å². The molecule has 0 saturated carbocycles. The maximum atomic E-state index is 9.72. The summed E-state index contributed by atoms with van der Waals surface area (Å²) in [6.45, 7) is 4.72. The molecule has 2 aromatic rings. The van der Waals surface area contributed by atoms with Crippen LogP contribution in [0.4, 0.5) is 0 Å². The number of hydrogen-bond donors (Lipinski definition) is 1. The third-order valence-corrected chi connectivity index (χ3v) is 2.69. The molecule has 0 amide bonds. The second-order valence-electron chi connectivity index (χ2n) is 4.12. The minimum Gasteiger partial charge on any atom is -0.494 e. The third kappa shape index (κ3) is 2.61. The van der Waals surface area contributed by atoms with E-state index in [-0.39, 0.29) is 0 Å². The van der Waals surface area contributed by atoms with Crippen LogP contribution in [0.1, 0.15) is 38.6 Å². The summed E-state index contributed by atoms with van der Waals surface area (Å²) in [5.74, 6) is 1.47. The molecule has 0 fully saturated rings. The fraction of sp³-hybridized carbons (Fsp3) is 0.429. The Balaban J connectivity index is 2.27. The van der Waals surface area contributed by atoms with Crippen molar-refractivity contribution < 1.29 is 14.3 Å². The average Bonchev–Trinajstić information content (AvgIpc) is 2.78. The van der Waals surface area contributed by atoms with Gasteiger partial charge < -0.3 is 14.3 Å². The molecule has 0 aliphatic heterocycles. The SMILES string of the molecule is CCCOc1ccc2oc(C(O)CC)cc2c1. The van der Waals surface area contributed by atoms with Crippen LogP contribution in [-0.4, -0.2) is 11.7 Å². The first-order valence-corrected chi connectivity index (χ1v) is 6.09. The number of fused-ring (bicyclic) bond motifs is 1. The number of aliphatic hydroxyl groups is 1. The molecule has 0 saturated heterocycles. The molecule has 1 aromatic heterocycles. The molecule has 0 bridgehead atoms. The second kappa shape index (κ2) is 5.23. The Morgan fingerprint density at radius 2 is 2.12 bits per heavy atom. The van der Waals surface area contributed by atoms with E-state index < -0.39 is 6.10 Å². The van der Waals surface area contributed by atoms with E-state index in [0.717, 1.165) is 23.1 Å². The van der Waals surface area contributed by atoms with Crippen molar-refractivity contribution in [3.05, 3.63) is 30.0 Å². The summed E-state index contributed by atoms with van der Waals surface area (Å²) in [6.07, 6.45) is 1.12. The lowest BCUT2D eigenvalue weighted by Crippen LogP contribution is -1.93. The number of rotatable bonds is 5. The van der Waals surface area contributed by atoms with Crippen LogP contribution in [0, 0.1) is 0 Å². The van der Waals surface area contributed by atoms with Crippen molar-refractivity contribution in [3.63, 3.8) is 0 Å². The summed E-state index contributed by atoms with van der Waals surface area (Å²) in [5, 5.41) is 10.7. The molecule has 0 radical (unpaired) electrons. The third-order valence-electron chi connectivity index (χ3n) is 2.69. The summed E-state index contributed by atoms with van der Waals surface area (Å²) >= 11 is 0. The number of ether oxygens (including phenoxy) is 1. The molecule has 0 spiro atoms. The maximum absolute atomic E-state index is 9.72. The molecule has 3 nitrogen and oxygen atoms in total. The molecule has 1 heterocycles. The van der Waals surface area contributed by atoms with Crippen LogP contribution >= 0.6 is 0 Å². The van der Waals surface area contributed by atoms with Crippen molar-refractivity contribution in [2.45, 2.75) is 32.8 Å². The molecule has 17 heavy (non-hydrogen) atoms. The summed E-state index contributed by atoms with van der Waals surface area (Å²) in [4.78, 5) is 0. The number of hydrogen-bond acceptors (Lipinski definition) is 3. The highest BCUT2D eigenvalue weighted by Gasteiger charge is 2.11. The normalized spacial score (nSPS) is 12.9. The van der Waals surface area contributed by atoms with Crippen LogP contribution in [0.25, 0.3) is 11.0 Å². The molecule has 1 unspecified atom stereocenters. The van der Waals surface area contributed by atoms with Crippen LogP contribution in [-0.2, 0) is 0 Å². The largest absolute Gasteiger partial charge is 0.494 e. The van der Waals surface area contributed by atoms with E-state index in [0.29, 0.717) is 18.8 Å². The minimum atomic E-state index is -0.526. The molecule has 1 atom stereocenters. The molecule has 1 N–H and O–H groups in total. The molecule has 3 heteroatoms. The smallest absolute Gasteiger partial charge is 0.134 e. The van der Waals surface area contributed by atoms with Gasteiger partial charge in [0.1, 0.15) is 23.2 Å². The van der Waals surface area contributed by atoms with E-state index in [1.54, 1.807) is 0 Å². The maximum Gasteiger partial charge on any atom is 0.134 e. The molecule has 1 aromatic carbocycles. The van der Waals surface area contributed by atoms with Gasteiger partial charge >= 0.3 is 0 Å². The Kier molecular flexibility index (Phi) is 3.69. The first-order valence-electron chi connectivity index (χ1n) is 6.09. The van der Waals surface area contributed by atoms with Crippen molar-refractivity contribution in [1.29, 1.82) is 0 Å². The Labute approximate surface area is 101 Å². The monoisotopic (exact) mass is 234 g/mol. The zero-order valence-electron chi connectivity index (χ0n) is 10.3. The van der Waals surface area contributed by atoms with Crippen LogP contribution < -0.4 is 4.74 Å². The van der Waals surface area contributed by atoms with Crippen molar-refractivity contribution in [1.82, 2.24) is 0 Å². The minimum absolute atomic E-state index is 0.526. The molecule has 0 aliphatic rings. The van der Waals surface area contributed by atoms with Gasteiger partial charge in [-0.15, -0.1) is 0 Å². The zero-order valence-corrected chi connectivity index (χ0v) is 10.3. The molecule has 0 aliphatic carbocycles. The Morgan fingerprint density at radius 3 is 2.82 bits per heavy atom. The summed E-state index contributed by atoms with van der Waals surface area (Å²) in [6, 6.07) is 7.60. The molecule has 2 rings (SSSR count). The van der Waals surface area contributed by atoms with E-state index in [4.69, 9.17) is 9.15 Å². The van der Waals surface area contributed by atoms with Crippen LogP contribution in [0.5, 0.6) is 5.75 Å². The molecule has 92 valence electrons. The lowest BCUT2D eigenvalue weighted by molar-refractivity contribution is 0.148. The second-order valence-corrected chi connectivity index (χ2v) is 4.12. The van der Waals surface area contributed by atoms with Crippen LogP contribution in [0.15, 0.2) is 28.7 Å². The first kappa shape index (κ1) is 12.0. The van der Waals surface area contributed by atoms with Gasteiger partial charge in [-0.1, -0.05) is 13.8 Å². The summed E-state index contributed by atoms with van der Waals surface area (Å²) in [5.41, 5.74) is 0.788. The first-order chi connectivity index (χ1) is 8.24. The van der Waals surface area contributed by atoms with Gasteiger partial charge in [0.25, 0.3) is 0 Å². The van der Waals surface area contributed by atoms with Gasteiger partial charge in [-0.05, 0) is 37.1 Å². The van der Waals surface area contributed by atoms with Crippen LogP contribution in [0.2, 0.25) is 0 Å². The fourth-order valence-corrected chi connectivity index (χ4v) is 1.72. The van der Waals surface area contributed by atoms with E-state index >= 15 is 0 Å². The molecular weight excluding hydrogens is 216 g/mol. The van der Waals surface area contributed by atoms with Crippen molar-refractivity contribution >= 4 is 11.0 Å². The highest BCUT2D eigenvalue weighted by atomic mass is 16.5. The highest BCUT2D eigenvalue weighted by Crippen LogP contribution is 2.28. The predicted molar refractivity (Wildman–Crippen MR) is 67.3 cm³/mol. The van der Waals surface area contributed by atoms with Crippen molar-refractivity contribution in [2.75, 3.05) is 6.61 Å². The van der Waals surface area contributed by atoms with Crippen LogP contribution in [0.3, 0.4) is 0 Å². The highest BCUT2D eigenvalue weighted by molar-refractivity contribution is 5.79. The number of furan rings is 1. The number of aliphatic hydroxyl groups excluding tert-OH is 1. The van der Waals surface area contributed by atoms with E-state index in [9.17, 15) is 5.11 Å². The average molecular weight is 234 g/mol. The molecular formula is C14H18O3. The van der Waals surface area contributed by atoms with Gasteiger partial charge in [-0.25, -0.2) is 0 Å². The van der Waals surface area contributed by atoms with Crippen molar-refractivity contribution in [3.8, 4) is 5.75 Å². The zero-order chi connectivity index (χ0) is 12.3. The Bertz CT molecular complexity index is 487. The summed E-state index contributed by atoms with van der Waals surface area (Å²) < 4.78 is 11.1. The van der Waals surface area contributed by atoms with Gasteiger partial charge in [0.15, 0.2) is 0 Å². The van der Waals surface area contributed by atoms with E-state index in [1.807, 2.05) is 31.2 Å². The predicted octanol–water partition coefficient (Wildman–Crippen LogP) is 3.67. The number of benzene rings is 1. The van der Waals surface area contributed by atoms with Gasteiger partial charge in [0.2, 0.25) is 0 Å².